The van der Waals surface area contributed by atoms with E-state index in [4.69, 9.17) is 0 Å². The Hall–Kier alpha value is -2.60. The summed E-state index contributed by atoms with van der Waals surface area (Å²) in [6.07, 6.45) is 4.59. The highest BCUT2D eigenvalue weighted by Gasteiger charge is 2.17. The third kappa shape index (κ3) is 4.70. The Morgan fingerprint density at radius 2 is 1.79 bits per heavy atom. The van der Waals surface area contributed by atoms with Gasteiger partial charge in [-0.15, -0.1) is 22.0 Å². The number of fused-ring (bicyclic) bond motifs is 1. The molecule has 1 atom stereocenters. The first kappa shape index (κ1) is 19.7. The molecule has 1 unspecified atom stereocenters. The number of nitrogens with zero attached hydrogens (tertiary/aromatic N) is 3. The Labute approximate surface area is 175 Å². The zero-order chi connectivity index (χ0) is 20.2. The highest BCUT2D eigenvalue weighted by molar-refractivity contribution is 8.00. The van der Waals surface area contributed by atoms with E-state index in [1.54, 1.807) is 11.8 Å². The minimum absolute atomic E-state index is 0.000306. The van der Waals surface area contributed by atoms with Crippen molar-refractivity contribution in [3.63, 3.8) is 0 Å². The zero-order valence-electron chi connectivity index (χ0n) is 16.9. The van der Waals surface area contributed by atoms with Crippen molar-refractivity contribution in [2.24, 2.45) is 0 Å². The first-order valence-corrected chi connectivity index (χ1v) is 11.0. The molecule has 0 fully saturated rings. The lowest BCUT2D eigenvalue weighted by Gasteiger charge is -2.13. The van der Waals surface area contributed by atoms with E-state index in [0.717, 1.165) is 40.8 Å². The fourth-order valence-corrected chi connectivity index (χ4v) is 4.39. The molecule has 0 aliphatic carbocycles. The highest BCUT2D eigenvalue weighted by atomic mass is 32.2. The number of anilines is 1. The number of thioether (sulfide) groups is 1. The van der Waals surface area contributed by atoms with E-state index < -0.39 is 0 Å². The maximum atomic E-state index is 12.6. The number of aromatic nitrogens is 3. The van der Waals surface area contributed by atoms with E-state index in [-0.39, 0.29) is 11.2 Å². The van der Waals surface area contributed by atoms with Gasteiger partial charge in [-0.05, 0) is 63.1 Å². The van der Waals surface area contributed by atoms with Gasteiger partial charge in [0, 0.05) is 29.1 Å². The summed E-state index contributed by atoms with van der Waals surface area (Å²) in [5.41, 5.74) is 3.05. The number of aryl methyl sites for hydroxylation is 2. The van der Waals surface area contributed by atoms with Gasteiger partial charge in [0.2, 0.25) is 5.91 Å². The molecule has 3 aromatic rings. The number of carbonyl (C=O) groups excluding carboxylic acids is 1. The van der Waals surface area contributed by atoms with Gasteiger partial charge in [0.1, 0.15) is 5.82 Å². The summed E-state index contributed by atoms with van der Waals surface area (Å²) in [5, 5.41) is 11.6. The van der Waals surface area contributed by atoms with Gasteiger partial charge in [-0.1, -0.05) is 24.1 Å². The summed E-state index contributed by atoms with van der Waals surface area (Å²) in [6, 6.07) is 16.1. The van der Waals surface area contributed by atoms with E-state index >= 15 is 0 Å². The quantitative estimate of drug-likeness (QED) is 0.599. The lowest BCUT2D eigenvalue weighted by molar-refractivity contribution is -0.115. The molecule has 1 N–H and O–H groups in total. The number of nitrogens with one attached hydrogen (secondary N) is 1. The van der Waals surface area contributed by atoms with Gasteiger partial charge in [0.05, 0.1) is 5.25 Å². The smallest absolute Gasteiger partial charge is 0.237 e. The Morgan fingerprint density at radius 1 is 1.03 bits per heavy atom. The maximum Gasteiger partial charge on any atom is 0.237 e. The van der Waals surface area contributed by atoms with Crippen LogP contribution in [0.4, 0.5) is 5.69 Å². The molecule has 29 heavy (non-hydrogen) atoms. The lowest BCUT2D eigenvalue weighted by Crippen LogP contribution is -2.22. The molecular weight excluding hydrogens is 380 g/mol. The number of carbonyl (C=O) groups is 1. The predicted octanol–water partition coefficient (Wildman–Crippen LogP) is 5.10. The third-order valence-electron chi connectivity index (χ3n) is 5.22. The highest BCUT2D eigenvalue weighted by Crippen LogP contribution is 2.26. The predicted molar refractivity (Wildman–Crippen MR) is 118 cm³/mol. The summed E-state index contributed by atoms with van der Waals surface area (Å²) in [4.78, 5) is 13.7. The van der Waals surface area contributed by atoms with Gasteiger partial charge >= 0.3 is 0 Å². The van der Waals surface area contributed by atoms with Crippen LogP contribution in [0.5, 0.6) is 0 Å². The summed E-state index contributed by atoms with van der Waals surface area (Å²) >= 11 is 1.56. The van der Waals surface area contributed by atoms with Crippen LogP contribution in [-0.4, -0.2) is 25.9 Å². The van der Waals surface area contributed by atoms with Gasteiger partial charge in [-0.25, -0.2) is 0 Å². The first-order chi connectivity index (χ1) is 14.1. The second-order valence-corrected chi connectivity index (χ2v) is 8.96. The Morgan fingerprint density at radius 3 is 2.55 bits per heavy atom. The molecule has 1 aromatic heterocycles. The van der Waals surface area contributed by atoms with Crippen LogP contribution in [0, 0.1) is 6.92 Å². The zero-order valence-corrected chi connectivity index (χ0v) is 17.7. The summed E-state index contributed by atoms with van der Waals surface area (Å²) in [6.45, 7) is 4.97. The van der Waals surface area contributed by atoms with E-state index in [0.29, 0.717) is 0 Å². The summed E-state index contributed by atoms with van der Waals surface area (Å²) in [7, 11) is 0. The van der Waals surface area contributed by atoms with Crippen LogP contribution >= 0.6 is 11.8 Å². The standard InChI is InChI=1S/C23H26N4OS/c1-16-7-13-20(14-8-16)29-17(2)23(28)24-19-11-9-18(10-12-19)22-26-25-21-6-4-3-5-15-27(21)22/h7-14,17H,3-6,15H2,1-2H3,(H,24,28). The first-order valence-electron chi connectivity index (χ1n) is 10.2. The number of hydrogen-bond donors (Lipinski definition) is 1. The molecule has 6 heteroatoms. The van der Waals surface area contributed by atoms with Gasteiger partial charge in [-0.3, -0.25) is 4.79 Å². The average molecular weight is 407 g/mol. The SMILES string of the molecule is Cc1ccc(SC(C)C(=O)Nc2ccc(-c3nnc4n3CCCCC4)cc2)cc1. The second-order valence-electron chi connectivity index (χ2n) is 7.54. The topological polar surface area (TPSA) is 59.8 Å². The third-order valence-corrected chi connectivity index (χ3v) is 6.34. The molecule has 0 spiro atoms. The van der Waals surface area contributed by atoms with Crippen molar-refractivity contribution in [3.05, 3.63) is 59.9 Å². The molecule has 0 radical (unpaired) electrons. The monoisotopic (exact) mass is 406 g/mol. The molecule has 4 rings (SSSR count). The number of rotatable bonds is 5. The van der Waals surface area contributed by atoms with Gasteiger partial charge in [0.15, 0.2) is 5.82 Å². The molecule has 5 nitrogen and oxygen atoms in total. The van der Waals surface area contributed by atoms with E-state index in [1.165, 1.54) is 24.8 Å². The Balaban J connectivity index is 1.41. The minimum atomic E-state index is -0.176. The fourth-order valence-electron chi connectivity index (χ4n) is 3.52. The number of amides is 1. The van der Waals surface area contributed by atoms with Crippen molar-refractivity contribution in [2.45, 2.75) is 56.2 Å². The van der Waals surface area contributed by atoms with Crippen molar-refractivity contribution >= 4 is 23.4 Å². The lowest BCUT2D eigenvalue weighted by atomic mass is 10.2. The molecule has 0 saturated carbocycles. The van der Waals surface area contributed by atoms with Gasteiger partial charge in [0.25, 0.3) is 0 Å². The molecule has 1 aliphatic heterocycles. The molecule has 2 aromatic carbocycles. The minimum Gasteiger partial charge on any atom is -0.325 e. The van der Waals surface area contributed by atoms with Gasteiger partial charge in [-0.2, -0.15) is 0 Å². The van der Waals surface area contributed by atoms with Crippen molar-refractivity contribution in [2.75, 3.05) is 5.32 Å². The normalized spacial score (nSPS) is 14.7. The Kier molecular flexibility index (Phi) is 6.00. The fraction of sp³-hybridized carbons (Fsp3) is 0.348. The van der Waals surface area contributed by atoms with Crippen LogP contribution < -0.4 is 5.32 Å². The number of benzene rings is 2. The van der Waals surface area contributed by atoms with E-state index in [2.05, 4.69) is 51.3 Å². The molecule has 0 saturated heterocycles. The van der Waals surface area contributed by atoms with Crippen LogP contribution in [-0.2, 0) is 17.8 Å². The van der Waals surface area contributed by atoms with Crippen LogP contribution in [0.1, 0.15) is 37.6 Å². The molecule has 2 heterocycles. The molecule has 1 aliphatic rings. The van der Waals surface area contributed by atoms with E-state index in [9.17, 15) is 4.79 Å². The Bertz CT molecular complexity index is 979. The largest absolute Gasteiger partial charge is 0.325 e. The van der Waals surface area contributed by atoms with Crippen molar-refractivity contribution in [1.82, 2.24) is 14.8 Å². The van der Waals surface area contributed by atoms with Crippen molar-refractivity contribution < 1.29 is 4.79 Å². The van der Waals surface area contributed by atoms with Crippen LogP contribution in [0.3, 0.4) is 0 Å². The van der Waals surface area contributed by atoms with Crippen LogP contribution in [0.25, 0.3) is 11.4 Å². The van der Waals surface area contributed by atoms with Crippen molar-refractivity contribution in [3.8, 4) is 11.4 Å². The summed E-state index contributed by atoms with van der Waals surface area (Å²) < 4.78 is 2.24. The summed E-state index contributed by atoms with van der Waals surface area (Å²) in [5.74, 6) is 2.00. The van der Waals surface area contributed by atoms with E-state index in [1.807, 2.05) is 31.2 Å². The van der Waals surface area contributed by atoms with Crippen LogP contribution in [0.2, 0.25) is 0 Å². The van der Waals surface area contributed by atoms with Crippen LogP contribution in [0.15, 0.2) is 53.4 Å². The molecule has 150 valence electrons. The molecular formula is C23H26N4OS. The average Bonchev–Trinajstić information content (AvgIpc) is 2.98. The van der Waals surface area contributed by atoms with Crippen molar-refractivity contribution in [1.29, 1.82) is 0 Å². The molecule has 1 amide bonds. The second kappa shape index (κ2) is 8.82. The molecule has 0 bridgehead atoms. The van der Waals surface area contributed by atoms with Gasteiger partial charge < -0.3 is 9.88 Å². The maximum absolute atomic E-state index is 12.6. The number of hydrogen-bond acceptors (Lipinski definition) is 4.